The number of aryl methyl sites for hydroxylation is 1. The van der Waals surface area contributed by atoms with Crippen molar-refractivity contribution in [1.82, 2.24) is 24.4 Å². The number of fused-ring (bicyclic) bond motifs is 1. The maximum Gasteiger partial charge on any atom is 0.271 e. The highest BCUT2D eigenvalue weighted by Crippen LogP contribution is 2.28. The zero-order chi connectivity index (χ0) is 25.4. The van der Waals surface area contributed by atoms with Crippen LogP contribution in [0.2, 0.25) is 0 Å². The molecule has 2 aliphatic heterocycles. The van der Waals surface area contributed by atoms with Crippen LogP contribution < -0.4 is 15.1 Å². The lowest BCUT2D eigenvalue weighted by atomic mass is 10.1. The van der Waals surface area contributed by atoms with Crippen molar-refractivity contribution in [3.8, 4) is 6.07 Å². The van der Waals surface area contributed by atoms with Gasteiger partial charge in [0.15, 0.2) is 5.82 Å². The average Bonchev–Trinajstić information content (AvgIpc) is 3.49. The van der Waals surface area contributed by atoms with Gasteiger partial charge in [0.1, 0.15) is 11.6 Å². The van der Waals surface area contributed by atoms with Gasteiger partial charge in [0.25, 0.3) is 5.69 Å². The molecule has 2 fully saturated rings. The Labute approximate surface area is 209 Å². The molecule has 12 heteroatoms. The van der Waals surface area contributed by atoms with Crippen molar-refractivity contribution in [2.45, 2.75) is 31.3 Å². The molecule has 4 heterocycles. The summed E-state index contributed by atoms with van der Waals surface area (Å²) in [5.74, 6) is 1.99. The number of likely N-dealkylation sites (N-methyl/N-ethyl adjacent to an activating group) is 1. The molecule has 1 aromatic carbocycles. The second kappa shape index (κ2) is 9.58. The van der Waals surface area contributed by atoms with E-state index in [1.54, 1.807) is 12.3 Å². The van der Waals surface area contributed by atoms with Gasteiger partial charge in [0.2, 0.25) is 11.9 Å². The fraction of sp³-hybridized carbons (Fsp3) is 0.500. The van der Waals surface area contributed by atoms with Crippen molar-refractivity contribution in [3.63, 3.8) is 0 Å². The molecule has 0 saturated carbocycles. The minimum atomic E-state index is -0.400. The first-order valence-electron chi connectivity index (χ1n) is 12.1. The standard InChI is InChI=1S/C24H30N10O2/c1-30(2)19-8-10-32(15-19)22-16(12-25)13-26-23(29-22)27-17-5-4-9-33(14-17)24-28-20-11-18(34(35)36)6-7-21(20)31(24)3/h6-7,11,13,17,19H,4-5,8-10,14-15H2,1-3H3,(H,26,27,29). The lowest BCUT2D eigenvalue weighted by Gasteiger charge is -2.34. The van der Waals surface area contributed by atoms with E-state index < -0.39 is 4.92 Å². The van der Waals surface area contributed by atoms with Gasteiger partial charge in [-0.1, -0.05) is 0 Å². The van der Waals surface area contributed by atoms with Crippen molar-refractivity contribution < 1.29 is 4.92 Å². The Balaban J connectivity index is 1.33. The maximum atomic E-state index is 11.2. The lowest BCUT2D eigenvalue weighted by Crippen LogP contribution is -2.43. The first kappa shape index (κ1) is 23.7. The van der Waals surface area contributed by atoms with Crippen molar-refractivity contribution in [1.29, 1.82) is 5.26 Å². The van der Waals surface area contributed by atoms with Crippen molar-refractivity contribution in [2.75, 3.05) is 55.4 Å². The fourth-order valence-electron chi connectivity index (χ4n) is 5.15. The van der Waals surface area contributed by atoms with E-state index in [-0.39, 0.29) is 11.7 Å². The number of piperidine rings is 1. The first-order chi connectivity index (χ1) is 17.3. The molecular formula is C24H30N10O2. The molecule has 36 heavy (non-hydrogen) atoms. The van der Waals surface area contributed by atoms with Gasteiger partial charge in [-0.3, -0.25) is 10.1 Å². The Morgan fingerprint density at radius 2 is 2.03 bits per heavy atom. The van der Waals surface area contributed by atoms with Crippen LogP contribution in [0.4, 0.5) is 23.4 Å². The van der Waals surface area contributed by atoms with Gasteiger partial charge in [-0.2, -0.15) is 10.2 Å². The molecule has 1 N–H and O–H groups in total. The SMILES string of the molecule is CN(C)C1CCN(c2nc(NC3CCCN(c4nc5cc([N+](=O)[O-])ccc5n4C)C3)ncc2C#N)C1. The van der Waals surface area contributed by atoms with E-state index in [1.807, 2.05) is 11.6 Å². The number of anilines is 3. The normalized spacial score (nSPS) is 20.2. The van der Waals surface area contributed by atoms with E-state index in [2.05, 4.69) is 45.2 Å². The molecule has 2 unspecified atom stereocenters. The summed E-state index contributed by atoms with van der Waals surface area (Å²) in [7, 11) is 6.08. The van der Waals surface area contributed by atoms with Crippen LogP contribution in [0.5, 0.6) is 0 Å². The number of nitrogens with one attached hydrogen (secondary N) is 1. The van der Waals surface area contributed by atoms with E-state index in [9.17, 15) is 15.4 Å². The highest BCUT2D eigenvalue weighted by molar-refractivity contribution is 5.81. The molecule has 2 aromatic heterocycles. The maximum absolute atomic E-state index is 11.2. The molecule has 188 valence electrons. The second-order valence-corrected chi connectivity index (χ2v) is 9.73. The third kappa shape index (κ3) is 4.49. The van der Waals surface area contributed by atoms with Gasteiger partial charge in [0, 0.05) is 57.4 Å². The van der Waals surface area contributed by atoms with Crippen LogP contribution in [0.15, 0.2) is 24.4 Å². The Kier molecular flexibility index (Phi) is 6.32. The third-order valence-corrected chi connectivity index (χ3v) is 7.17. The second-order valence-electron chi connectivity index (χ2n) is 9.73. The molecule has 0 bridgehead atoms. The van der Waals surface area contributed by atoms with Crippen LogP contribution in [0, 0.1) is 21.4 Å². The Morgan fingerprint density at radius 3 is 2.75 bits per heavy atom. The van der Waals surface area contributed by atoms with Crippen LogP contribution >= 0.6 is 0 Å². The van der Waals surface area contributed by atoms with E-state index in [0.29, 0.717) is 35.4 Å². The topological polar surface area (TPSA) is 132 Å². The van der Waals surface area contributed by atoms with E-state index >= 15 is 0 Å². The molecule has 5 rings (SSSR count). The highest BCUT2D eigenvalue weighted by atomic mass is 16.6. The summed E-state index contributed by atoms with van der Waals surface area (Å²) in [6.45, 7) is 3.23. The van der Waals surface area contributed by atoms with E-state index in [1.165, 1.54) is 12.1 Å². The summed E-state index contributed by atoms with van der Waals surface area (Å²) in [5, 5.41) is 24.3. The predicted molar refractivity (Wildman–Crippen MR) is 137 cm³/mol. The average molecular weight is 491 g/mol. The number of hydrogen-bond donors (Lipinski definition) is 1. The first-order valence-corrected chi connectivity index (χ1v) is 12.1. The molecule has 0 radical (unpaired) electrons. The van der Waals surface area contributed by atoms with Gasteiger partial charge in [-0.15, -0.1) is 0 Å². The van der Waals surface area contributed by atoms with Crippen molar-refractivity contribution >= 4 is 34.4 Å². The highest BCUT2D eigenvalue weighted by Gasteiger charge is 2.28. The minimum absolute atomic E-state index is 0.0361. The van der Waals surface area contributed by atoms with Gasteiger partial charge in [-0.05, 0) is 39.4 Å². The monoisotopic (exact) mass is 490 g/mol. The summed E-state index contributed by atoms with van der Waals surface area (Å²) in [6.07, 6.45) is 4.55. The number of nitro benzene ring substituents is 1. The van der Waals surface area contributed by atoms with Gasteiger partial charge < -0.3 is 24.6 Å². The number of non-ortho nitro benzene ring substituents is 1. The summed E-state index contributed by atoms with van der Waals surface area (Å²) >= 11 is 0. The van der Waals surface area contributed by atoms with Crippen molar-refractivity contribution in [2.24, 2.45) is 7.05 Å². The van der Waals surface area contributed by atoms with Crippen LogP contribution in [0.3, 0.4) is 0 Å². The quantitative estimate of drug-likeness (QED) is 0.405. The number of imidazole rings is 1. The van der Waals surface area contributed by atoms with E-state index in [4.69, 9.17) is 9.97 Å². The number of nitrogens with zero attached hydrogens (tertiary/aromatic N) is 9. The van der Waals surface area contributed by atoms with Gasteiger partial charge >= 0.3 is 0 Å². The Bertz CT molecular complexity index is 1330. The minimum Gasteiger partial charge on any atom is -0.354 e. The molecule has 0 aliphatic carbocycles. The fourth-order valence-corrected chi connectivity index (χ4v) is 5.15. The largest absolute Gasteiger partial charge is 0.354 e. The molecular weight excluding hydrogens is 460 g/mol. The summed E-state index contributed by atoms with van der Waals surface area (Å²) in [5.41, 5.74) is 1.99. The van der Waals surface area contributed by atoms with Gasteiger partial charge in [0.05, 0.1) is 22.2 Å². The zero-order valence-electron chi connectivity index (χ0n) is 20.8. The lowest BCUT2D eigenvalue weighted by molar-refractivity contribution is -0.384. The number of benzene rings is 1. The van der Waals surface area contributed by atoms with E-state index in [0.717, 1.165) is 50.4 Å². The summed E-state index contributed by atoms with van der Waals surface area (Å²) in [6, 6.07) is 7.54. The molecule has 3 aromatic rings. The Morgan fingerprint density at radius 1 is 1.19 bits per heavy atom. The van der Waals surface area contributed by atoms with Crippen LogP contribution in [0.25, 0.3) is 11.0 Å². The molecule has 2 saturated heterocycles. The molecule has 2 atom stereocenters. The number of hydrogen-bond acceptors (Lipinski definition) is 10. The molecule has 12 nitrogen and oxygen atoms in total. The number of aromatic nitrogens is 4. The summed E-state index contributed by atoms with van der Waals surface area (Å²) < 4.78 is 1.98. The molecule has 0 amide bonds. The van der Waals surface area contributed by atoms with Crippen LogP contribution in [-0.4, -0.2) is 81.7 Å². The summed E-state index contributed by atoms with van der Waals surface area (Å²) in [4.78, 5) is 31.2. The van der Waals surface area contributed by atoms with Crippen molar-refractivity contribution in [3.05, 3.63) is 40.1 Å². The number of nitriles is 1. The molecule has 2 aliphatic rings. The third-order valence-electron chi connectivity index (χ3n) is 7.17. The smallest absolute Gasteiger partial charge is 0.271 e. The van der Waals surface area contributed by atoms with Gasteiger partial charge in [-0.25, -0.2) is 9.97 Å². The zero-order valence-corrected chi connectivity index (χ0v) is 20.8. The molecule has 0 spiro atoms. The number of rotatable bonds is 6. The van der Waals surface area contributed by atoms with Crippen LogP contribution in [-0.2, 0) is 7.05 Å². The predicted octanol–water partition coefficient (Wildman–Crippen LogP) is 2.36. The van der Waals surface area contributed by atoms with Crippen LogP contribution in [0.1, 0.15) is 24.8 Å². The number of nitro groups is 1. The Hall–Kier alpha value is -3.98.